The normalized spacial score (nSPS) is 21.3. The Morgan fingerprint density at radius 2 is 1.73 bits per heavy atom. The van der Waals surface area contributed by atoms with E-state index in [1.54, 1.807) is 0 Å². The van der Waals surface area contributed by atoms with Crippen LogP contribution in [0.4, 0.5) is 0 Å². The van der Waals surface area contributed by atoms with Gasteiger partial charge in [-0.1, -0.05) is 38.1 Å². The largest absolute Gasteiger partial charge is 0.297 e. The van der Waals surface area contributed by atoms with Crippen molar-refractivity contribution in [3.63, 3.8) is 0 Å². The average Bonchev–Trinajstić information content (AvgIpc) is 2.43. The van der Waals surface area contributed by atoms with Gasteiger partial charge < -0.3 is 0 Å². The van der Waals surface area contributed by atoms with Crippen molar-refractivity contribution in [3.8, 4) is 0 Å². The highest BCUT2D eigenvalue weighted by Gasteiger charge is 2.18. The van der Waals surface area contributed by atoms with Gasteiger partial charge in [0.25, 0.3) is 0 Å². The maximum Gasteiger partial charge on any atom is 0.0348 e. The molecule has 1 saturated heterocycles. The summed E-state index contributed by atoms with van der Waals surface area (Å²) in [6.45, 7) is 14.1. The fourth-order valence-electron chi connectivity index (χ4n) is 2.44. The molecule has 0 aromatic heterocycles. The Balaban J connectivity index is 2.42. The molecular formula is C13H27NSi. The molecule has 0 aromatic rings. The molecule has 1 nitrogen and oxygen atoms in total. The van der Waals surface area contributed by atoms with Crippen molar-refractivity contribution in [1.82, 2.24) is 4.90 Å². The maximum atomic E-state index is 4.29. The summed E-state index contributed by atoms with van der Waals surface area (Å²) in [4.78, 5) is 2.64. The zero-order valence-electron chi connectivity index (χ0n) is 10.8. The summed E-state index contributed by atoms with van der Waals surface area (Å²) in [5, 5.41) is 0. The van der Waals surface area contributed by atoms with Crippen molar-refractivity contribution in [2.45, 2.75) is 57.8 Å². The molecule has 88 valence electrons. The predicted molar refractivity (Wildman–Crippen MR) is 72.3 cm³/mol. The molecular weight excluding hydrogens is 198 g/mol. The molecule has 0 saturated carbocycles. The first-order valence-corrected chi connectivity index (χ1v) is 9.65. The van der Waals surface area contributed by atoms with E-state index < -0.39 is 8.80 Å². The third-order valence-electron chi connectivity index (χ3n) is 3.45. The Bertz CT molecular complexity index is 193. The molecule has 0 amide bonds. The van der Waals surface area contributed by atoms with E-state index >= 15 is 0 Å². The van der Waals surface area contributed by atoms with Crippen LogP contribution >= 0.6 is 0 Å². The SMILES string of the molecule is C=C(C[SiH](C)C)C(C)N1CCCCCC1. The van der Waals surface area contributed by atoms with Gasteiger partial charge in [-0.2, -0.15) is 0 Å². The molecule has 0 radical (unpaired) electrons. The van der Waals surface area contributed by atoms with E-state index in [1.807, 2.05) is 0 Å². The van der Waals surface area contributed by atoms with Crippen molar-refractivity contribution in [2.24, 2.45) is 0 Å². The minimum atomic E-state index is -0.476. The van der Waals surface area contributed by atoms with Crippen molar-refractivity contribution in [2.75, 3.05) is 13.1 Å². The van der Waals surface area contributed by atoms with Crippen LogP contribution in [0.2, 0.25) is 19.1 Å². The predicted octanol–water partition coefficient (Wildman–Crippen LogP) is 3.29. The van der Waals surface area contributed by atoms with E-state index in [4.69, 9.17) is 0 Å². The monoisotopic (exact) mass is 225 g/mol. The van der Waals surface area contributed by atoms with E-state index in [2.05, 4.69) is 31.5 Å². The lowest BCUT2D eigenvalue weighted by atomic mass is 10.1. The lowest BCUT2D eigenvalue weighted by Crippen LogP contribution is -2.35. The topological polar surface area (TPSA) is 3.24 Å². The number of likely N-dealkylation sites (tertiary alicyclic amines) is 1. The fraction of sp³-hybridized carbons (Fsp3) is 0.846. The Hall–Kier alpha value is -0.0831. The molecule has 1 unspecified atom stereocenters. The number of rotatable bonds is 4. The Kier molecular flexibility index (Phi) is 5.62. The summed E-state index contributed by atoms with van der Waals surface area (Å²) >= 11 is 0. The van der Waals surface area contributed by atoms with Crippen molar-refractivity contribution in [3.05, 3.63) is 12.2 Å². The lowest BCUT2D eigenvalue weighted by molar-refractivity contribution is 0.242. The maximum absolute atomic E-state index is 4.29. The highest BCUT2D eigenvalue weighted by Crippen LogP contribution is 2.19. The van der Waals surface area contributed by atoms with Crippen molar-refractivity contribution < 1.29 is 0 Å². The van der Waals surface area contributed by atoms with Crippen LogP contribution in [0.25, 0.3) is 0 Å². The zero-order chi connectivity index (χ0) is 11.3. The molecule has 0 aliphatic carbocycles. The summed E-state index contributed by atoms with van der Waals surface area (Å²) in [6.07, 6.45) is 5.62. The molecule has 0 bridgehead atoms. The second-order valence-electron chi connectivity index (χ2n) is 5.38. The van der Waals surface area contributed by atoms with Gasteiger partial charge in [0, 0.05) is 14.8 Å². The van der Waals surface area contributed by atoms with Crippen LogP contribution < -0.4 is 0 Å². The van der Waals surface area contributed by atoms with Gasteiger partial charge in [-0.15, -0.1) is 0 Å². The average molecular weight is 225 g/mol. The van der Waals surface area contributed by atoms with Crippen LogP contribution in [-0.4, -0.2) is 32.8 Å². The third kappa shape index (κ3) is 4.52. The highest BCUT2D eigenvalue weighted by molar-refractivity contribution is 6.56. The molecule has 1 heterocycles. The first-order valence-electron chi connectivity index (χ1n) is 6.53. The summed E-state index contributed by atoms with van der Waals surface area (Å²) < 4.78 is 0. The Morgan fingerprint density at radius 1 is 1.20 bits per heavy atom. The van der Waals surface area contributed by atoms with E-state index in [1.165, 1.54) is 50.4 Å². The smallest absolute Gasteiger partial charge is 0.0348 e. The van der Waals surface area contributed by atoms with Crippen LogP contribution in [-0.2, 0) is 0 Å². The van der Waals surface area contributed by atoms with Gasteiger partial charge in [-0.3, -0.25) is 4.90 Å². The number of hydrogen-bond donors (Lipinski definition) is 0. The molecule has 1 rings (SSSR count). The molecule has 0 N–H and O–H groups in total. The summed E-state index contributed by atoms with van der Waals surface area (Å²) in [6, 6.07) is 1.94. The summed E-state index contributed by atoms with van der Waals surface area (Å²) in [7, 11) is -0.476. The van der Waals surface area contributed by atoms with Gasteiger partial charge in [-0.05, 0) is 38.9 Å². The van der Waals surface area contributed by atoms with Crippen LogP contribution in [0.3, 0.4) is 0 Å². The lowest BCUT2D eigenvalue weighted by Gasteiger charge is -2.29. The first kappa shape index (κ1) is 13.0. The first-order chi connectivity index (χ1) is 7.11. The molecule has 1 atom stereocenters. The molecule has 15 heavy (non-hydrogen) atoms. The van der Waals surface area contributed by atoms with Gasteiger partial charge in [0.05, 0.1) is 0 Å². The number of nitrogens with zero attached hydrogens (tertiary/aromatic N) is 1. The second-order valence-corrected chi connectivity index (χ2v) is 8.58. The van der Waals surface area contributed by atoms with E-state index in [9.17, 15) is 0 Å². The van der Waals surface area contributed by atoms with Crippen LogP contribution in [0, 0.1) is 0 Å². The highest BCUT2D eigenvalue weighted by atomic mass is 28.3. The second kappa shape index (κ2) is 6.49. The zero-order valence-corrected chi connectivity index (χ0v) is 11.9. The Labute approximate surface area is 97.2 Å². The van der Waals surface area contributed by atoms with Crippen LogP contribution in [0.15, 0.2) is 12.2 Å². The van der Waals surface area contributed by atoms with Crippen LogP contribution in [0.1, 0.15) is 32.6 Å². The van der Waals surface area contributed by atoms with Crippen molar-refractivity contribution in [1.29, 1.82) is 0 Å². The fourth-order valence-corrected chi connectivity index (χ4v) is 3.83. The third-order valence-corrected chi connectivity index (χ3v) is 4.79. The summed E-state index contributed by atoms with van der Waals surface area (Å²) in [5.41, 5.74) is 1.48. The standard InChI is InChI=1S/C13H27NSi/c1-12(11-15(3)4)13(2)14-9-7-5-6-8-10-14/h13,15H,1,5-11H2,2-4H3. The quantitative estimate of drug-likeness (QED) is 0.524. The van der Waals surface area contributed by atoms with Crippen LogP contribution in [0.5, 0.6) is 0 Å². The van der Waals surface area contributed by atoms with Gasteiger partial charge in [0.15, 0.2) is 0 Å². The molecule has 0 spiro atoms. The molecule has 1 aliphatic heterocycles. The molecule has 1 aliphatic rings. The van der Waals surface area contributed by atoms with E-state index in [0.29, 0.717) is 6.04 Å². The Morgan fingerprint density at radius 3 is 2.20 bits per heavy atom. The summed E-state index contributed by atoms with van der Waals surface area (Å²) in [5.74, 6) is 0. The van der Waals surface area contributed by atoms with Crippen molar-refractivity contribution >= 4 is 8.80 Å². The van der Waals surface area contributed by atoms with Gasteiger partial charge in [0.2, 0.25) is 0 Å². The van der Waals surface area contributed by atoms with Gasteiger partial charge in [-0.25, -0.2) is 0 Å². The van der Waals surface area contributed by atoms with Gasteiger partial charge >= 0.3 is 0 Å². The van der Waals surface area contributed by atoms with E-state index in [-0.39, 0.29) is 0 Å². The van der Waals surface area contributed by atoms with Gasteiger partial charge in [0.1, 0.15) is 0 Å². The minimum Gasteiger partial charge on any atom is -0.297 e. The molecule has 1 fully saturated rings. The molecule has 0 aromatic carbocycles. The van der Waals surface area contributed by atoms with E-state index in [0.717, 1.165) is 0 Å². The number of hydrogen-bond acceptors (Lipinski definition) is 1. The molecule has 2 heteroatoms. The minimum absolute atomic E-state index is 0.476.